The Kier molecular flexibility index (Phi) is 7.11. The van der Waals surface area contributed by atoms with E-state index >= 15 is 0 Å². The third kappa shape index (κ3) is 5.82. The Morgan fingerprint density at radius 2 is 2.44 bits per heavy atom. The first-order valence-corrected chi connectivity index (χ1v) is 6.66. The lowest BCUT2D eigenvalue weighted by Gasteiger charge is -2.02. The van der Waals surface area contributed by atoms with Gasteiger partial charge in [0.1, 0.15) is 0 Å². The Balaban J connectivity index is 2.30. The monoisotopic (exact) mass is 266 g/mol. The van der Waals surface area contributed by atoms with Crippen molar-refractivity contribution in [3.05, 3.63) is 21.9 Å². The summed E-state index contributed by atoms with van der Waals surface area (Å²) in [6.07, 6.45) is 1.25. The predicted molar refractivity (Wildman–Crippen MR) is 73.2 cm³/mol. The van der Waals surface area contributed by atoms with Crippen molar-refractivity contribution in [3.63, 3.8) is 0 Å². The van der Waals surface area contributed by atoms with Gasteiger partial charge in [-0.1, -0.05) is 11.8 Å². The Morgan fingerprint density at radius 3 is 3.17 bits per heavy atom. The molecule has 0 saturated heterocycles. The van der Waals surface area contributed by atoms with Crippen molar-refractivity contribution in [2.45, 2.75) is 19.4 Å². The average Bonchev–Trinajstić information content (AvgIpc) is 2.82. The Hall–Kier alpha value is -1.35. The highest BCUT2D eigenvalue weighted by Crippen LogP contribution is 2.13. The van der Waals surface area contributed by atoms with Crippen LogP contribution in [0, 0.1) is 11.8 Å². The van der Waals surface area contributed by atoms with Gasteiger partial charge >= 0.3 is 0 Å². The zero-order valence-electron chi connectivity index (χ0n) is 10.5. The minimum absolute atomic E-state index is 0.0510. The fourth-order valence-electron chi connectivity index (χ4n) is 1.34. The first kappa shape index (κ1) is 14.7. The highest BCUT2D eigenvalue weighted by atomic mass is 32.1. The van der Waals surface area contributed by atoms with Gasteiger partial charge in [-0.15, -0.1) is 11.3 Å². The lowest BCUT2D eigenvalue weighted by atomic mass is 10.3. The summed E-state index contributed by atoms with van der Waals surface area (Å²) in [5.74, 6) is 5.81. The SMILES string of the molecule is COCCCC(=O)NCc1cc(C#CCN)cs1. The molecule has 0 aliphatic carbocycles. The van der Waals surface area contributed by atoms with Crippen molar-refractivity contribution < 1.29 is 9.53 Å². The van der Waals surface area contributed by atoms with E-state index < -0.39 is 0 Å². The van der Waals surface area contributed by atoms with Gasteiger partial charge in [-0.25, -0.2) is 0 Å². The largest absolute Gasteiger partial charge is 0.385 e. The molecule has 1 rings (SSSR count). The highest BCUT2D eigenvalue weighted by Gasteiger charge is 2.02. The van der Waals surface area contributed by atoms with Crippen molar-refractivity contribution in [2.24, 2.45) is 5.73 Å². The molecule has 3 N–H and O–H groups in total. The molecule has 18 heavy (non-hydrogen) atoms. The van der Waals surface area contributed by atoms with E-state index in [1.807, 2.05) is 11.4 Å². The van der Waals surface area contributed by atoms with Crippen LogP contribution in [0.25, 0.3) is 0 Å². The lowest BCUT2D eigenvalue weighted by molar-refractivity contribution is -0.121. The van der Waals surface area contributed by atoms with Crippen molar-refractivity contribution in [1.29, 1.82) is 0 Å². The van der Waals surface area contributed by atoms with Gasteiger partial charge in [0.15, 0.2) is 0 Å². The molecule has 0 radical (unpaired) electrons. The van der Waals surface area contributed by atoms with Gasteiger partial charge in [0.2, 0.25) is 5.91 Å². The van der Waals surface area contributed by atoms with Gasteiger partial charge in [0.05, 0.1) is 13.1 Å². The molecule has 0 atom stereocenters. The summed E-state index contributed by atoms with van der Waals surface area (Å²) < 4.78 is 4.89. The molecular formula is C13H18N2O2S. The molecule has 0 unspecified atom stereocenters. The summed E-state index contributed by atoms with van der Waals surface area (Å²) in [6.45, 7) is 1.54. The molecule has 0 aliphatic rings. The lowest BCUT2D eigenvalue weighted by Crippen LogP contribution is -2.22. The Bertz CT molecular complexity index is 432. The molecule has 0 fully saturated rings. The fraction of sp³-hybridized carbons (Fsp3) is 0.462. The normalized spacial score (nSPS) is 9.67. The topological polar surface area (TPSA) is 64.3 Å². The average molecular weight is 266 g/mol. The molecule has 0 bridgehead atoms. The van der Waals surface area contributed by atoms with E-state index in [0.29, 0.717) is 26.1 Å². The maximum absolute atomic E-state index is 11.5. The van der Waals surface area contributed by atoms with Crippen LogP contribution in [0.4, 0.5) is 0 Å². The summed E-state index contributed by atoms with van der Waals surface area (Å²) in [5.41, 5.74) is 6.25. The quantitative estimate of drug-likeness (QED) is 0.598. The number of amides is 1. The maximum atomic E-state index is 11.5. The summed E-state index contributed by atoms with van der Waals surface area (Å²) in [6, 6.07) is 1.97. The molecule has 1 amide bonds. The molecule has 5 heteroatoms. The molecule has 0 spiro atoms. The Labute approximate surface area is 112 Å². The van der Waals surface area contributed by atoms with Crippen LogP contribution in [0.1, 0.15) is 23.3 Å². The zero-order valence-corrected chi connectivity index (χ0v) is 11.3. The number of nitrogens with one attached hydrogen (secondary N) is 1. The van der Waals surface area contributed by atoms with E-state index in [1.165, 1.54) is 0 Å². The van der Waals surface area contributed by atoms with E-state index in [-0.39, 0.29) is 5.91 Å². The second-order valence-electron chi connectivity index (χ2n) is 3.68. The number of carbonyl (C=O) groups is 1. The number of hydrogen-bond acceptors (Lipinski definition) is 4. The smallest absolute Gasteiger partial charge is 0.220 e. The van der Waals surface area contributed by atoms with Gasteiger partial charge < -0.3 is 15.8 Å². The van der Waals surface area contributed by atoms with Crippen LogP contribution < -0.4 is 11.1 Å². The third-order valence-electron chi connectivity index (χ3n) is 2.20. The van der Waals surface area contributed by atoms with E-state index in [9.17, 15) is 4.79 Å². The van der Waals surface area contributed by atoms with Crippen molar-refractivity contribution in [3.8, 4) is 11.8 Å². The molecule has 0 aliphatic heterocycles. The molecule has 0 aromatic carbocycles. The Morgan fingerprint density at radius 1 is 1.61 bits per heavy atom. The van der Waals surface area contributed by atoms with Crippen LogP contribution in [0.15, 0.2) is 11.4 Å². The van der Waals surface area contributed by atoms with E-state index in [4.69, 9.17) is 10.5 Å². The first-order chi connectivity index (χ1) is 8.76. The summed E-state index contributed by atoms with van der Waals surface area (Å²) in [7, 11) is 1.63. The molecule has 1 heterocycles. The minimum Gasteiger partial charge on any atom is -0.385 e. The van der Waals surface area contributed by atoms with Crippen LogP contribution in [0.3, 0.4) is 0 Å². The number of methoxy groups -OCH3 is 1. The molecule has 4 nitrogen and oxygen atoms in total. The van der Waals surface area contributed by atoms with Crippen molar-refractivity contribution >= 4 is 17.2 Å². The van der Waals surface area contributed by atoms with Crippen LogP contribution in [-0.4, -0.2) is 26.2 Å². The second kappa shape index (κ2) is 8.70. The predicted octanol–water partition coefficient (Wildman–Crippen LogP) is 1.10. The van der Waals surface area contributed by atoms with Gasteiger partial charge in [-0.05, 0) is 12.5 Å². The number of thiophene rings is 1. The number of rotatable bonds is 6. The zero-order chi connectivity index (χ0) is 13.2. The van der Waals surface area contributed by atoms with Crippen molar-refractivity contribution in [1.82, 2.24) is 5.32 Å². The van der Waals surface area contributed by atoms with E-state index in [2.05, 4.69) is 17.2 Å². The van der Waals surface area contributed by atoms with Gasteiger partial charge in [-0.2, -0.15) is 0 Å². The summed E-state index contributed by atoms with van der Waals surface area (Å²) in [4.78, 5) is 12.6. The maximum Gasteiger partial charge on any atom is 0.220 e. The van der Waals surface area contributed by atoms with Gasteiger partial charge in [0, 0.05) is 36.0 Å². The van der Waals surface area contributed by atoms with Gasteiger partial charge in [0.25, 0.3) is 0 Å². The number of nitrogens with two attached hydrogens (primary N) is 1. The molecule has 0 saturated carbocycles. The molecule has 98 valence electrons. The molecular weight excluding hydrogens is 248 g/mol. The second-order valence-corrected chi connectivity index (χ2v) is 4.68. The van der Waals surface area contributed by atoms with Crippen molar-refractivity contribution in [2.75, 3.05) is 20.3 Å². The van der Waals surface area contributed by atoms with Crippen LogP contribution in [0.5, 0.6) is 0 Å². The molecule has 1 aromatic rings. The first-order valence-electron chi connectivity index (χ1n) is 5.78. The van der Waals surface area contributed by atoms with Crippen LogP contribution in [0.2, 0.25) is 0 Å². The summed E-state index contributed by atoms with van der Waals surface area (Å²) >= 11 is 1.59. The van der Waals surface area contributed by atoms with Crippen LogP contribution >= 0.6 is 11.3 Å². The highest BCUT2D eigenvalue weighted by molar-refractivity contribution is 7.10. The third-order valence-corrected chi connectivity index (χ3v) is 3.14. The van der Waals surface area contributed by atoms with E-state index in [0.717, 1.165) is 16.9 Å². The van der Waals surface area contributed by atoms with E-state index in [1.54, 1.807) is 18.4 Å². The fourth-order valence-corrected chi connectivity index (χ4v) is 2.10. The minimum atomic E-state index is 0.0510. The van der Waals surface area contributed by atoms with Gasteiger partial charge in [-0.3, -0.25) is 4.79 Å². The standard InChI is InChI=1S/C13H18N2O2S/c1-17-7-3-5-13(16)15-9-12-8-11(10-18-12)4-2-6-14/h8,10H,3,5-7,9,14H2,1H3,(H,15,16). The van der Waals surface area contributed by atoms with Crippen LogP contribution in [-0.2, 0) is 16.1 Å². The molecule has 1 aromatic heterocycles. The number of hydrogen-bond donors (Lipinski definition) is 2. The number of ether oxygens (including phenoxy) is 1. The number of carbonyl (C=O) groups excluding carboxylic acids is 1. The summed E-state index contributed by atoms with van der Waals surface area (Å²) in [5, 5.41) is 4.84.